The number of rotatable bonds is 3. The highest BCUT2D eigenvalue weighted by molar-refractivity contribution is 6.09. The molecule has 2 heterocycles. The molecule has 130 valence electrons. The Kier molecular flexibility index (Phi) is 3.96. The van der Waals surface area contributed by atoms with Crippen LogP contribution in [-0.4, -0.2) is 15.5 Å². The average Bonchev–Trinajstić information content (AvgIpc) is 2.94. The van der Waals surface area contributed by atoms with E-state index in [9.17, 15) is 4.79 Å². The highest BCUT2D eigenvalue weighted by Gasteiger charge is 2.09. The molecule has 4 rings (SSSR count). The number of hydrogen-bond donors (Lipinski definition) is 0. The summed E-state index contributed by atoms with van der Waals surface area (Å²) < 4.78 is 3.76. The van der Waals surface area contributed by atoms with Gasteiger partial charge in [0, 0.05) is 40.1 Å². The summed E-state index contributed by atoms with van der Waals surface area (Å²) in [6.45, 7) is 6.90. The maximum absolute atomic E-state index is 12.2. The Morgan fingerprint density at radius 1 is 0.962 bits per heavy atom. The summed E-state index contributed by atoms with van der Waals surface area (Å²) in [5.74, 6) is 0. The molecule has 0 fully saturated rings. The molecule has 4 heteroatoms. The lowest BCUT2D eigenvalue weighted by molar-refractivity contribution is 0.791. The largest absolute Gasteiger partial charge is 0.341 e. The fourth-order valence-corrected chi connectivity index (χ4v) is 3.63. The molecule has 0 saturated carbocycles. The number of aryl methyl sites for hydroxylation is 3. The topological polar surface area (TPSA) is 39.3 Å². The van der Waals surface area contributed by atoms with E-state index in [0.717, 1.165) is 23.4 Å². The van der Waals surface area contributed by atoms with Gasteiger partial charge in [-0.1, -0.05) is 24.3 Å². The van der Waals surface area contributed by atoms with Crippen LogP contribution in [0.25, 0.3) is 21.8 Å². The molecule has 2 aromatic carbocycles. The Labute approximate surface area is 152 Å². The average molecular weight is 343 g/mol. The molecular weight excluding hydrogens is 322 g/mol. The molecule has 0 N–H and O–H groups in total. The van der Waals surface area contributed by atoms with Crippen LogP contribution in [0.3, 0.4) is 0 Å². The Morgan fingerprint density at radius 3 is 2.50 bits per heavy atom. The van der Waals surface area contributed by atoms with Crippen LogP contribution in [-0.2, 0) is 6.54 Å². The van der Waals surface area contributed by atoms with Crippen molar-refractivity contribution in [1.29, 1.82) is 0 Å². The summed E-state index contributed by atoms with van der Waals surface area (Å²) in [6.07, 6.45) is 1.75. The van der Waals surface area contributed by atoms with Gasteiger partial charge in [-0.05, 0) is 56.2 Å². The number of nitrogens with zero attached hydrogens (tertiary/aromatic N) is 3. The van der Waals surface area contributed by atoms with Gasteiger partial charge in [-0.15, -0.1) is 0 Å². The molecule has 0 aliphatic rings. The summed E-state index contributed by atoms with van der Waals surface area (Å²) >= 11 is 0. The summed E-state index contributed by atoms with van der Waals surface area (Å²) in [4.78, 5) is 12.2. The monoisotopic (exact) mass is 343 g/mol. The van der Waals surface area contributed by atoms with E-state index in [2.05, 4.69) is 53.0 Å². The molecule has 0 saturated heterocycles. The lowest BCUT2D eigenvalue weighted by Crippen LogP contribution is -2.18. The van der Waals surface area contributed by atoms with E-state index >= 15 is 0 Å². The predicted molar refractivity (Wildman–Crippen MR) is 108 cm³/mol. The number of hydrogen-bond acceptors (Lipinski definition) is 2. The summed E-state index contributed by atoms with van der Waals surface area (Å²) in [5.41, 5.74) is 5.10. The van der Waals surface area contributed by atoms with Gasteiger partial charge in [0.25, 0.3) is 5.56 Å². The molecule has 0 unspecified atom stereocenters. The molecular formula is C22H21N3O. The second-order valence-electron chi connectivity index (χ2n) is 6.61. The van der Waals surface area contributed by atoms with E-state index < -0.39 is 0 Å². The van der Waals surface area contributed by atoms with Gasteiger partial charge in [0.05, 0.1) is 6.21 Å². The SMILES string of the molecule is CCn1c2ccccc2c2cc(C=Nn3c(C)cc(C)cc3=O)ccc21. The minimum absolute atomic E-state index is 0.109. The third-order valence-electron chi connectivity index (χ3n) is 4.77. The van der Waals surface area contributed by atoms with Gasteiger partial charge < -0.3 is 4.57 Å². The molecule has 0 bridgehead atoms. The van der Waals surface area contributed by atoms with Crippen LogP contribution in [0.15, 0.2) is 64.5 Å². The molecule has 4 aromatic rings. The summed E-state index contributed by atoms with van der Waals surface area (Å²) in [7, 11) is 0. The first-order chi connectivity index (χ1) is 12.6. The predicted octanol–water partition coefficient (Wildman–Crippen LogP) is 4.48. The maximum atomic E-state index is 12.2. The van der Waals surface area contributed by atoms with Crippen molar-refractivity contribution in [2.75, 3.05) is 0 Å². The molecule has 4 nitrogen and oxygen atoms in total. The molecule has 0 aliphatic heterocycles. The molecule has 26 heavy (non-hydrogen) atoms. The smallest absolute Gasteiger partial charge is 0.271 e. The summed E-state index contributed by atoms with van der Waals surface area (Å²) in [5, 5.41) is 6.85. The minimum Gasteiger partial charge on any atom is -0.341 e. The lowest BCUT2D eigenvalue weighted by Gasteiger charge is -2.04. The van der Waals surface area contributed by atoms with Crippen molar-refractivity contribution in [2.45, 2.75) is 27.3 Å². The van der Waals surface area contributed by atoms with Crippen LogP contribution in [0.1, 0.15) is 23.7 Å². The van der Waals surface area contributed by atoms with Crippen molar-refractivity contribution in [2.24, 2.45) is 5.10 Å². The number of pyridine rings is 1. The van der Waals surface area contributed by atoms with Crippen LogP contribution in [0, 0.1) is 13.8 Å². The van der Waals surface area contributed by atoms with Crippen LogP contribution in [0.5, 0.6) is 0 Å². The van der Waals surface area contributed by atoms with E-state index in [1.807, 2.05) is 26.0 Å². The van der Waals surface area contributed by atoms with Crippen molar-refractivity contribution in [3.05, 3.63) is 81.8 Å². The van der Waals surface area contributed by atoms with Gasteiger partial charge in [0.1, 0.15) is 0 Å². The van der Waals surface area contributed by atoms with E-state index in [-0.39, 0.29) is 5.56 Å². The van der Waals surface area contributed by atoms with Gasteiger partial charge in [-0.2, -0.15) is 5.10 Å². The Morgan fingerprint density at radius 2 is 1.73 bits per heavy atom. The van der Waals surface area contributed by atoms with Crippen molar-refractivity contribution < 1.29 is 0 Å². The highest BCUT2D eigenvalue weighted by atomic mass is 16.1. The molecule has 2 aromatic heterocycles. The van der Waals surface area contributed by atoms with Crippen molar-refractivity contribution in [1.82, 2.24) is 9.24 Å². The molecule has 0 spiro atoms. The van der Waals surface area contributed by atoms with Gasteiger partial charge in [0.15, 0.2) is 0 Å². The number of aromatic nitrogens is 2. The third kappa shape index (κ3) is 2.64. The van der Waals surface area contributed by atoms with Crippen LogP contribution < -0.4 is 5.56 Å². The quantitative estimate of drug-likeness (QED) is 0.506. The third-order valence-corrected chi connectivity index (χ3v) is 4.77. The first-order valence-electron chi connectivity index (χ1n) is 8.84. The molecule has 0 atom stereocenters. The number of fused-ring (bicyclic) bond motifs is 3. The number of benzene rings is 2. The molecule has 0 amide bonds. The Balaban J connectivity index is 1.84. The Hall–Kier alpha value is -3.14. The van der Waals surface area contributed by atoms with Crippen LogP contribution in [0.2, 0.25) is 0 Å². The standard InChI is InChI=1S/C22H21N3O/c1-4-24-20-8-6-5-7-18(20)19-13-17(9-10-21(19)24)14-23-25-16(3)11-15(2)12-22(25)26/h5-14H,4H2,1-3H3. The second kappa shape index (κ2) is 6.30. The maximum Gasteiger partial charge on any atom is 0.271 e. The van der Waals surface area contributed by atoms with Gasteiger partial charge in [0.2, 0.25) is 0 Å². The first-order valence-corrected chi connectivity index (χ1v) is 8.84. The zero-order chi connectivity index (χ0) is 18.3. The van der Waals surface area contributed by atoms with E-state index in [1.54, 1.807) is 12.3 Å². The Bertz CT molecular complexity index is 1210. The van der Waals surface area contributed by atoms with Gasteiger partial charge in [-0.25, -0.2) is 4.68 Å². The fourth-order valence-electron chi connectivity index (χ4n) is 3.63. The van der Waals surface area contributed by atoms with Gasteiger partial charge >= 0.3 is 0 Å². The normalized spacial score (nSPS) is 11.8. The second-order valence-corrected chi connectivity index (χ2v) is 6.61. The van der Waals surface area contributed by atoms with Crippen LogP contribution >= 0.6 is 0 Å². The molecule has 0 aliphatic carbocycles. The zero-order valence-electron chi connectivity index (χ0n) is 15.2. The van der Waals surface area contributed by atoms with E-state index in [0.29, 0.717) is 0 Å². The van der Waals surface area contributed by atoms with Crippen molar-refractivity contribution in [3.8, 4) is 0 Å². The fraction of sp³-hybridized carbons (Fsp3) is 0.182. The van der Waals surface area contributed by atoms with Gasteiger partial charge in [-0.3, -0.25) is 4.79 Å². The van der Waals surface area contributed by atoms with Crippen LogP contribution in [0.4, 0.5) is 0 Å². The van der Waals surface area contributed by atoms with E-state index in [4.69, 9.17) is 0 Å². The van der Waals surface area contributed by atoms with Crippen molar-refractivity contribution >= 4 is 28.0 Å². The van der Waals surface area contributed by atoms with Crippen molar-refractivity contribution in [3.63, 3.8) is 0 Å². The number of para-hydroxylation sites is 1. The lowest BCUT2D eigenvalue weighted by atomic mass is 10.1. The van der Waals surface area contributed by atoms with E-state index in [1.165, 1.54) is 26.5 Å². The summed E-state index contributed by atoms with van der Waals surface area (Å²) in [6, 6.07) is 18.3. The highest BCUT2D eigenvalue weighted by Crippen LogP contribution is 2.29. The first kappa shape index (κ1) is 16.3. The molecule has 0 radical (unpaired) electrons. The minimum atomic E-state index is -0.109. The zero-order valence-corrected chi connectivity index (χ0v) is 15.2.